The lowest BCUT2D eigenvalue weighted by Gasteiger charge is -2.06. The normalized spacial score (nSPS) is 9.93. The Hall–Kier alpha value is -1.43. The van der Waals surface area contributed by atoms with Gasteiger partial charge in [0, 0.05) is 16.9 Å². The first-order valence-electron chi connectivity index (χ1n) is 4.18. The Morgan fingerprint density at radius 1 is 1.13 bits per heavy atom. The number of primary amides is 2. The van der Waals surface area contributed by atoms with Gasteiger partial charge in [0.2, 0.25) is 11.8 Å². The third-order valence-electron chi connectivity index (χ3n) is 1.75. The second kappa shape index (κ2) is 4.88. The molecule has 0 saturated carbocycles. The predicted octanol–water partition coefficient (Wildman–Crippen LogP) is -0.100. The molecule has 1 heterocycles. The van der Waals surface area contributed by atoms with Crippen molar-refractivity contribution in [3.05, 3.63) is 28.0 Å². The van der Waals surface area contributed by atoms with Crippen molar-refractivity contribution >= 4 is 27.7 Å². The second-order valence-corrected chi connectivity index (χ2v) is 3.85. The first kappa shape index (κ1) is 11.6. The lowest BCUT2D eigenvalue weighted by atomic mass is 10.1. The highest BCUT2D eigenvalue weighted by Gasteiger charge is 2.10. The van der Waals surface area contributed by atoms with Gasteiger partial charge in [0.25, 0.3) is 0 Å². The summed E-state index contributed by atoms with van der Waals surface area (Å²) in [7, 11) is 0. The van der Waals surface area contributed by atoms with Crippen molar-refractivity contribution in [2.45, 2.75) is 12.8 Å². The van der Waals surface area contributed by atoms with Crippen LogP contribution in [-0.4, -0.2) is 16.8 Å². The molecule has 0 unspecified atom stereocenters. The van der Waals surface area contributed by atoms with E-state index in [-0.39, 0.29) is 12.8 Å². The molecule has 0 aliphatic carbocycles. The highest BCUT2D eigenvalue weighted by atomic mass is 79.9. The Balaban J connectivity index is 2.99. The van der Waals surface area contributed by atoms with Gasteiger partial charge in [-0.1, -0.05) is 15.9 Å². The van der Waals surface area contributed by atoms with Gasteiger partial charge >= 0.3 is 0 Å². The zero-order valence-electron chi connectivity index (χ0n) is 7.87. The summed E-state index contributed by atoms with van der Waals surface area (Å²) in [5.41, 5.74) is 11.4. The lowest BCUT2D eigenvalue weighted by Crippen LogP contribution is -2.17. The van der Waals surface area contributed by atoms with E-state index in [4.69, 9.17) is 11.5 Å². The Morgan fingerprint density at radius 3 is 1.87 bits per heavy atom. The Kier molecular flexibility index (Phi) is 3.79. The van der Waals surface area contributed by atoms with Crippen molar-refractivity contribution in [1.29, 1.82) is 0 Å². The topological polar surface area (TPSA) is 99.1 Å². The maximum atomic E-state index is 10.7. The first-order chi connectivity index (χ1) is 7.00. The van der Waals surface area contributed by atoms with E-state index in [2.05, 4.69) is 20.9 Å². The molecule has 0 aliphatic rings. The van der Waals surface area contributed by atoms with Crippen LogP contribution in [0, 0.1) is 0 Å². The van der Waals surface area contributed by atoms with Gasteiger partial charge in [-0.2, -0.15) is 0 Å². The summed E-state index contributed by atoms with van der Waals surface area (Å²) in [5, 5.41) is 0. The van der Waals surface area contributed by atoms with Gasteiger partial charge < -0.3 is 11.5 Å². The van der Waals surface area contributed by atoms with Gasteiger partial charge in [-0.15, -0.1) is 0 Å². The summed E-state index contributed by atoms with van der Waals surface area (Å²) >= 11 is 3.28. The highest BCUT2D eigenvalue weighted by Crippen LogP contribution is 2.21. The first-order valence-corrected chi connectivity index (χ1v) is 4.98. The number of amides is 2. The summed E-state index contributed by atoms with van der Waals surface area (Å²) in [6.07, 6.45) is 3.22. The number of nitrogens with two attached hydrogens (primary N) is 2. The van der Waals surface area contributed by atoms with Crippen LogP contribution < -0.4 is 11.5 Å². The summed E-state index contributed by atoms with van der Waals surface area (Å²) in [6, 6.07) is 0. The van der Waals surface area contributed by atoms with Crippen LogP contribution in [0.25, 0.3) is 0 Å². The summed E-state index contributed by atoms with van der Waals surface area (Å²) in [4.78, 5) is 25.4. The standard InChI is InChI=1S/C9H10BrN3O2/c10-9-5(1-7(11)14)3-13-4-6(9)2-8(12)15/h3-4H,1-2H2,(H2,11,14)(H2,12,15). The van der Waals surface area contributed by atoms with E-state index in [1.807, 2.05) is 0 Å². The van der Waals surface area contributed by atoms with E-state index in [9.17, 15) is 9.59 Å². The quantitative estimate of drug-likeness (QED) is 0.800. The van der Waals surface area contributed by atoms with Crippen LogP contribution in [-0.2, 0) is 22.4 Å². The summed E-state index contributed by atoms with van der Waals surface area (Å²) in [5.74, 6) is -0.901. The number of carbonyl (C=O) groups excluding carboxylic acids is 2. The van der Waals surface area contributed by atoms with E-state index in [1.54, 1.807) is 0 Å². The fraction of sp³-hybridized carbons (Fsp3) is 0.222. The number of nitrogens with zero attached hydrogens (tertiary/aromatic N) is 1. The number of hydrogen-bond donors (Lipinski definition) is 2. The molecule has 0 bridgehead atoms. The SMILES string of the molecule is NC(=O)Cc1cncc(CC(N)=O)c1Br. The minimum atomic E-state index is -0.450. The zero-order valence-corrected chi connectivity index (χ0v) is 9.45. The van der Waals surface area contributed by atoms with Crippen molar-refractivity contribution < 1.29 is 9.59 Å². The summed E-state index contributed by atoms with van der Waals surface area (Å²) in [6.45, 7) is 0. The van der Waals surface area contributed by atoms with Crippen LogP contribution in [0.5, 0.6) is 0 Å². The molecule has 2 amide bonds. The van der Waals surface area contributed by atoms with Gasteiger partial charge in [0.1, 0.15) is 0 Å². The fourth-order valence-corrected chi connectivity index (χ4v) is 1.64. The lowest BCUT2D eigenvalue weighted by molar-refractivity contribution is -0.118. The molecule has 4 N–H and O–H groups in total. The molecule has 1 aromatic rings. The van der Waals surface area contributed by atoms with Gasteiger partial charge in [-0.05, 0) is 11.1 Å². The number of aromatic nitrogens is 1. The molecular weight excluding hydrogens is 262 g/mol. The molecule has 0 radical (unpaired) electrons. The average molecular weight is 272 g/mol. The van der Waals surface area contributed by atoms with Crippen molar-refractivity contribution in [3.8, 4) is 0 Å². The van der Waals surface area contributed by atoms with E-state index in [1.165, 1.54) is 12.4 Å². The Bertz CT molecular complexity index is 372. The smallest absolute Gasteiger partial charge is 0.221 e. The van der Waals surface area contributed by atoms with Crippen LogP contribution in [0.3, 0.4) is 0 Å². The van der Waals surface area contributed by atoms with Crippen LogP contribution in [0.15, 0.2) is 16.9 Å². The predicted molar refractivity (Wildman–Crippen MR) is 57.7 cm³/mol. The van der Waals surface area contributed by atoms with Gasteiger partial charge in [0.15, 0.2) is 0 Å². The maximum Gasteiger partial charge on any atom is 0.221 e. The van der Waals surface area contributed by atoms with E-state index < -0.39 is 11.8 Å². The monoisotopic (exact) mass is 271 g/mol. The molecule has 6 heteroatoms. The molecule has 80 valence electrons. The molecule has 1 rings (SSSR count). The number of carbonyl (C=O) groups is 2. The number of hydrogen-bond acceptors (Lipinski definition) is 3. The molecule has 15 heavy (non-hydrogen) atoms. The molecule has 0 atom stereocenters. The van der Waals surface area contributed by atoms with E-state index in [0.717, 1.165) is 0 Å². The zero-order chi connectivity index (χ0) is 11.4. The third kappa shape index (κ3) is 3.32. The number of rotatable bonds is 4. The summed E-state index contributed by atoms with van der Waals surface area (Å²) < 4.78 is 0.662. The second-order valence-electron chi connectivity index (χ2n) is 3.06. The van der Waals surface area contributed by atoms with Crippen molar-refractivity contribution in [1.82, 2.24) is 4.98 Å². The molecule has 0 saturated heterocycles. The van der Waals surface area contributed by atoms with Crippen molar-refractivity contribution in [3.63, 3.8) is 0 Å². The van der Waals surface area contributed by atoms with Gasteiger partial charge in [-0.3, -0.25) is 14.6 Å². The average Bonchev–Trinajstić information content (AvgIpc) is 2.10. The minimum absolute atomic E-state index is 0.0835. The molecule has 0 aliphatic heterocycles. The molecule has 0 spiro atoms. The van der Waals surface area contributed by atoms with Gasteiger partial charge in [0.05, 0.1) is 12.8 Å². The Morgan fingerprint density at radius 2 is 1.53 bits per heavy atom. The van der Waals surface area contributed by atoms with Gasteiger partial charge in [-0.25, -0.2) is 0 Å². The molecule has 5 nitrogen and oxygen atoms in total. The molecule has 0 aromatic carbocycles. The fourth-order valence-electron chi connectivity index (χ4n) is 1.16. The largest absolute Gasteiger partial charge is 0.369 e. The minimum Gasteiger partial charge on any atom is -0.369 e. The van der Waals surface area contributed by atoms with E-state index >= 15 is 0 Å². The van der Waals surface area contributed by atoms with Crippen LogP contribution in [0.1, 0.15) is 11.1 Å². The van der Waals surface area contributed by atoms with Crippen LogP contribution >= 0.6 is 15.9 Å². The maximum absolute atomic E-state index is 10.7. The van der Waals surface area contributed by atoms with Crippen molar-refractivity contribution in [2.75, 3.05) is 0 Å². The molecule has 0 fully saturated rings. The number of pyridine rings is 1. The third-order valence-corrected chi connectivity index (χ3v) is 2.77. The number of halogens is 1. The van der Waals surface area contributed by atoms with Crippen LogP contribution in [0.2, 0.25) is 0 Å². The Labute approximate surface area is 95.0 Å². The van der Waals surface area contributed by atoms with E-state index in [0.29, 0.717) is 15.6 Å². The van der Waals surface area contributed by atoms with Crippen LogP contribution in [0.4, 0.5) is 0 Å². The highest BCUT2D eigenvalue weighted by molar-refractivity contribution is 9.10. The van der Waals surface area contributed by atoms with Crippen molar-refractivity contribution in [2.24, 2.45) is 11.5 Å². The molecule has 1 aromatic heterocycles. The molecular formula is C9H10BrN3O2.